The van der Waals surface area contributed by atoms with Crippen molar-refractivity contribution in [3.63, 3.8) is 0 Å². The summed E-state index contributed by atoms with van der Waals surface area (Å²) in [7, 11) is 0. The van der Waals surface area contributed by atoms with E-state index >= 15 is 0 Å². The van der Waals surface area contributed by atoms with Gasteiger partial charge < -0.3 is 15.0 Å². The maximum absolute atomic E-state index is 5.62. The summed E-state index contributed by atoms with van der Waals surface area (Å²) in [6.45, 7) is 12.1. The van der Waals surface area contributed by atoms with Crippen molar-refractivity contribution in [2.24, 2.45) is 0 Å². The molecule has 1 aromatic heterocycles. The van der Waals surface area contributed by atoms with E-state index in [0.717, 1.165) is 31.1 Å². The molecule has 1 aromatic rings. The van der Waals surface area contributed by atoms with Crippen LogP contribution in [0.25, 0.3) is 0 Å². The zero-order valence-corrected chi connectivity index (χ0v) is 11.6. The molecule has 17 heavy (non-hydrogen) atoms. The van der Waals surface area contributed by atoms with Gasteiger partial charge >= 0.3 is 0 Å². The molecule has 4 heteroatoms. The average molecular weight is 239 g/mol. The number of rotatable bonds is 6. The first-order chi connectivity index (χ1) is 7.96. The molecular formula is C13H25N3O. The summed E-state index contributed by atoms with van der Waals surface area (Å²) in [4.78, 5) is 7.71. The molecule has 0 bridgehead atoms. The number of aromatic nitrogens is 2. The quantitative estimate of drug-likeness (QED) is 0.802. The summed E-state index contributed by atoms with van der Waals surface area (Å²) in [5.74, 6) is 0.931. The van der Waals surface area contributed by atoms with Crippen LogP contribution in [0.1, 0.15) is 58.7 Å². The minimum Gasteiger partial charge on any atom is -0.371 e. The Bertz CT molecular complexity index is 328. The zero-order valence-electron chi connectivity index (χ0n) is 11.6. The summed E-state index contributed by atoms with van der Waals surface area (Å²) >= 11 is 0. The van der Waals surface area contributed by atoms with Crippen LogP contribution in [0.3, 0.4) is 0 Å². The van der Waals surface area contributed by atoms with Gasteiger partial charge in [0.15, 0.2) is 0 Å². The molecule has 0 radical (unpaired) electrons. The standard InChI is InChI=1S/C13H25N3O/c1-6-11(17-7-2)12-14-8-10(16-12)9-15-13(3,4)5/h8,11,15H,6-7,9H2,1-5H3,(H,14,16). The minimum absolute atomic E-state index is 0.0865. The molecule has 1 unspecified atom stereocenters. The van der Waals surface area contributed by atoms with E-state index in [4.69, 9.17) is 4.74 Å². The highest BCUT2D eigenvalue weighted by molar-refractivity contribution is 5.04. The van der Waals surface area contributed by atoms with Gasteiger partial charge in [-0.2, -0.15) is 0 Å². The fourth-order valence-corrected chi connectivity index (χ4v) is 1.58. The topological polar surface area (TPSA) is 49.9 Å². The number of imidazole rings is 1. The fraction of sp³-hybridized carbons (Fsp3) is 0.769. The van der Waals surface area contributed by atoms with Gasteiger partial charge in [-0.3, -0.25) is 0 Å². The Morgan fingerprint density at radius 3 is 2.65 bits per heavy atom. The largest absolute Gasteiger partial charge is 0.371 e. The summed E-state index contributed by atoms with van der Waals surface area (Å²) in [5, 5.41) is 3.43. The van der Waals surface area contributed by atoms with Crippen LogP contribution in [0.5, 0.6) is 0 Å². The smallest absolute Gasteiger partial charge is 0.135 e. The van der Waals surface area contributed by atoms with Crippen molar-refractivity contribution < 1.29 is 4.74 Å². The van der Waals surface area contributed by atoms with Crippen LogP contribution in [0.4, 0.5) is 0 Å². The van der Waals surface area contributed by atoms with E-state index in [1.54, 1.807) is 0 Å². The average Bonchev–Trinajstić information content (AvgIpc) is 2.70. The molecule has 98 valence electrons. The molecule has 0 aliphatic carbocycles. The maximum atomic E-state index is 5.62. The molecule has 0 aromatic carbocycles. The molecule has 2 N–H and O–H groups in total. The van der Waals surface area contributed by atoms with Crippen molar-refractivity contribution in [2.45, 2.75) is 59.2 Å². The van der Waals surface area contributed by atoms with Crippen LogP contribution in [0.2, 0.25) is 0 Å². The van der Waals surface area contributed by atoms with Crippen LogP contribution < -0.4 is 5.32 Å². The molecule has 0 spiro atoms. The second kappa shape index (κ2) is 6.17. The number of aromatic amines is 1. The lowest BCUT2D eigenvalue weighted by molar-refractivity contribution is 0.0540. The number of hydrogen-bond acceptors (Lipinski definition) is 3. The van der Waals surface area contributed by atoms with Crippen molar-refractivity contribution in [2.75, 3.05) is 6.61 Å². The van der Waals surface area contributed by atoms with Gasteiger partial charge in [-0.15, -0.1) is 0 Å². The Morgan fingerprint density at radius 2 is 2.12 bits per heavy atom. The molecule has 0 saturated heterocycles. The lowest BCUT2D eigenvalue weighted by atomic mass is 10.1. The predicted octanol–water partition coefficient (Wildman–Crippen LogP) is 2.79. The van der Waals surface area contributed by atoms with Crippen molar-refractivity contribution in [1.82, 2.24) is 15.3 Å². The van der Waals surface area contributed by atoms with Gasteiger partial charge in [0, 0.05) is 30.6 Å². The highest BCUT2D eigenvalue weighted by Gasteiger charge is 2.14. The number of nitrogens with zero attached hydrogens (tertiary/aromatic N) is 1. The molecule has 1 atom stereocenters. The van der Waals surface area contributed by atoms with Gasteiger partial charge in [-0.25, -0.2) is 4.98 Å². The van der Waals surface area contributed by atoms with Gasteiger partial charge in [-0.05, 0) is 34.1 Å². The van der Waals surface area contributed by atoms with Crippen LogP contribution in [-0.4, -0.2) is 22.1 Å². The normalized spacial score (nSPS) is 13.9. The predicted molar refractivity (Wildman–Crippen MR) is 69.8 cm³/mol. The SMILES string of the molecule is CCOC(CC)c1ncc(CNC(C)(C)C)[nH]1. The van der Waals surface area contributed by atoms with E-state index in [1.165, 1.54) is 0 Å². The van der Waals surface area contributed by atoms with E-state index in [-0.39, 0.29) is 11.6 Å². The Labute approximate surface area is 104 Å². The monoisotopic (exact) mass is 239 g/mol. The van der Waals surface area contributed by atoms with Crippen molar-refractivity contribution in [3.05, 3.63) is 17.7 Å². The van der Waals surface area contributed by atoms with Crippen LogP contribution >= 0.6 is 0 Å². The van der Waals surface area contributed by atoms with E-state index in [0.29, 0.717) is 0 Å². The number of H-pyrrole nitrogens is 1. The third-order valence-electron chi connectivity index (χ3n) is 2.50. The Morgan fingerprint density at radius 1 is 1.41 bits per heavy atom. The minimum atomic E-state index is 0.0865. The van der Waals surface area contributed by atoms with E-state index in [2.05, 4.69) is 43.0 Å². The Kier molecular flexibility index (Phi) is 5.15. The Balaban J connectivity index is 2.58. The first-order valence-corrected chi connectivity index (χ1v) is 6.36. The molecular weight excluding hydrogens is 214 g/mol. The van der Waals surface area contributed by atoms with Crippen LogP contribution in [-0.2, 0) is 11.3 Å². The first-order valence-electron chi connectivity index (χ1n) is 6.36. The summed E-state index contributed by atoms with van der Waals surface area (Å²) in [6.07, 6.45) is 2.91. The molecule has 4 nitrogen and oxygen atoms in total. The molecule has 0 saturated carbocycles. The van der Waals surface area contributed by atoms with Gasteiger partial charge in [0.2, 0.25) is 0 Å². The van der Waals surface area contributed by atoms with Crippen LogP contribution in [0.15, 0.2) is 6.20 Å². The van der Waals surface area contributed by atoms with Gasteiger partial charge in [0.05, 0.1) is 0 Å². The molecule has 1 rings (SSSR count). The van der Waals surface area contributed by atoms with Crippen molar-refractivity contribution >= 4 is 0 Å². The lowest BCUT2D eigenvalue weighted by Crippen LogP contribution is -2.35. The second-order valence-corrected chi connectivity index (χ2v) is 5.25. The molecule has 1 heterocycles. The Hall–Kier alpha value is -0.870. The van der Waals surface area contributed by atoms with E-state index in [1.807, 2.05) is 13.1 Å². The maximum Gasteiger partial charge on any atom is 0.135 e. The molecule has 0 aliphatic heterocycles. The van der Waals surface area contributed by atoms with Crippen LogP contribution in [0, 0.1) is 0 Å². The highest BCUT2D eigenvalue weighted by Crippen LogP contribution is 2.17. The highest BCUT2D eigenvalue weighted by atomic mass is 16.5. The third kappa shape index (κ3) is 4.88. The van der Waals surface area contributed by atoms with E-state index < -0.39 is 0 Å². The summed E-state index contributed by atoms with van der Waals surface area (Å²) in [6, 6.07) is 0. The summed E-state index contributed by atoms with van der Waals surface area (Å²) in [5.41, 5.74) is 1.23. The van der Waals surface area contributed by atoms with E-state index in [9.17, 15) is 0 Å². The van der Waals surface area contributed by atoms with Gasteiger partial charge in [-0.1, -0.05) is 6.92 Å². The molecule has 0 fully saturated rings. The van der Waals surface area contributed by atoms with Crippen molar-refractivity contribution in [3.8, 4) is 0 Å². The second-order valence-electron chi connectivity index (χ2n) is 5.25. The van der Waals surface area contributed by atoms with Crippen molar-refractivity contribution in [1.29, 1.82) is 0 Å². The van der Waals surface area contributed by atoms with Gasteiger partial charge in [0.1, 0.15) is 11.9 Å². The lowest BCUT2D eigenvalue weighted by Gasteiger charge is -2.19. The number of ether oxygens (including phenoxy) is 1. The molecule has 0 amide bonds. The zero-order chi connectivity index (χ0) is 12.9. The first kappa shape index (κ1) is 14.2. The third-order valence-corrected chi connectivity index (χ3v) is 2.50. The molecule has 0 aliphatic rings. The summed E-state index contributed by atoms with van der Waals surface area (Å²) < 4.78 is 5.62. The fourth-order valence-electron chi connectivity index (χ4n) is 1.58. The number of hydrogen-bond donors (Lipinski definition) is 2. The number of nitrogens with one attached hydrogen (secondary N) is 2. The van der Waals surface area contributed by atoms with Gasteiger partial charge in [0.25, 0.3) is 0 Å².